The number of hydrogen-bond donors (Lipinski definition) is 1. The molecule has 1 aliphatic heterocycles. The summed E-state index contributed by atoms with van der Waals surface area (Å²) in [5.41, 5.74) is 0. The van der Waals surface area contributed by atoms with E-state index < -0.39 is 0 Å². The van der Waals surface area contributed by atoms with Crippen molar-refractivity contribution in [3.63, 3.8) is 0 Å². The first kappa shape index (κ1) is 14.5. The second-order valence-electron chi connectivity index (χ2n) is 5.46. The first-order valence-corrected chi connectivity index (χ1v) is 7.52. The van der Waals surface area contributed by atoms with Crippen LogP contribution in [0.15, 0.2) is 4.52 Å². The summed E-state index contributed by atoms with van der Waals surface area (Å²) in [6.07, 6.45) is 6.92. The van der Waals surface area contributed by atoms with Gasteiger partial charge in [0.25, 0.3) is 0 Å². The lowest BCUT2D eigenvalue weighted by Crippen LogP contribution is -2.32. The third kappa shape index (κ3) is 4.58. The van der Waals surface area contributed by atoms with E-state index in [-0.39, 0.29) is 0 Å². The third-order valence-corrected chi connectivity index (χ3v) is 3.82. The molecule has 1 unspecified atom stereocenters. The summed E-state index contributed by atoms with van der Waals surface area (Å²) in [7, 11) is 2.16. The average molecular weight is 266 g/mol. The van der Waals surface area contributed by atoms with Crippen molar-refractivity contribution in [2.75, 3.05) is 20.1 Å². The first-order valence-electron chi connectivity index (χ1n) is 7.52. The van der Waals surface area contributed by atoms with Crippen LogP contribution in [0.25, 0.3) is 0 Å². The van der Waals surface area contributed by atoms with Gasteiger partial charge in [0.05, 0.1) is 6.54 Å². The molecular weight excluding hydrogens is 240 g/mol. The van der Waals surface area contributed by atoms with E-state index in [0.29, 0.717) is 6.04 Å². The number of aryl methyl sites for hydroxylation is 1. The number of aromatic nitrogens is 2. The standard InChI is InChI=1S/C14H26N4O/c1-3-4-7-13-16-14(19-17-13)11-18(2)12-6-5-9-15-10-8-12/h12,15H,3-11H2,1-2H3. The molecule has 2 heterocycles. The van der Waals surface area contributed by atoms with Crippen molar-refractivity contribution in [1.82, 2.24) is 20.4 Å². The van der Waals surface area contributed by atoms with Crippen LogP contribution in [0.4, 0.5) is 0 Å². The Morgan fingerprint density at radius 1 is 1.37 bits per heavy atom. The SMILES string of the molecule is CCCCc1noc(CN(C)C2CCCNCC2)n1. The lowest BCUT2D eigenvalue weighted by atomic mass is 10.1. The molecule has 1 saturated heterocycles. The zero-order valence-corrected chi connectivity index (χ0v) is 12.2. The minimum absolute atomic E-state index is 0.626. The van der Waals surface area contributed by atoms with Crippen molar-refractivity contribution < 1.29 is 4.52 Å². The van der Waals surface area contributed by atoms with E-state index in [4.69, 9.17) is 4.52 Å². The van der Waals surface area contributed by atoms with E-state index in [1.54, 1.807) is 0 Å². The van der Waals surface area contributed by atoms with Crippen molar-refractivity contribution in [2.24, 2.45) is 0 Å². The molecule has 108 valence electrons. The second-order valence-corrected chi connectivity index (χ2v) is 5.46. The van der Waals surface area contributed by atoms with Crippen molar-refractivity contribution in [1.29, 1.82) is 0 Å². The van der Waals surface area contributed by atoms with Gasteiger partial charge in [-0.25, -0.2) is 0 Å². The molecule has 0 spiro atoms. The fraction of sp³-hybridized carbons (Fsp3) is 0.857. The van der Waals surface area contributed by atoms with Crippen molar-refractivity contribution >= 4 is 0 Å². The van der Waals surface area contributed by atoms with Crippen LogP contribution in [0.3, 0.4) is 0 Å². The lowest BCUT2D eigenvalue weighted by molar-refractivity contribution is 0.190. The highest BCUT2D eigenvalue weighted by Gasteiger charge is 2.18. The van der Waals surface area contributed by atoms with Gasteiger partial charge in [0.1, 0.15) is 0 Å². The van der Waals surface area contributed by atoms with Crippen LogP contribution in [0.2, 0.25) is 0 Å². The van der Waals surface area contributed by atoms with Crippen LogP contribution in [-0.4, -0.2) is 41.2 Å². The Morgan fingerprint density at radius 3 is 3.11 bits per heavy atom. The van der Waals surface area contributed by atoms with Gasteiger partial charge in [0, 0.05) is 12.5 Å². The average Bonchev–Trinajstić information content (AvgIpc) is 2.68. The van der Waals surface area contributed by atoms with E-state index in [1.807, 2.05) is 0 Å². The van der Waals surface area contributed by atoms with E-state index in [0.717, 1.165) is 44.2 Å². The van der Waals surface area contributed by atoms with Gasteiger partial charge in [-0.05, 0) is 45.8 Å². The highest BCUT2D eigenvalue weighted by Crippen LogP contribution is 2.14. The number of nitrogens with one attached hydrogen (secondary N) is 1. The van der Waals surface area contributed by atoms with Crippen molar-refractivity contribution in [3.05, 3.63) is 11.7 Å². The van der Waals surface area contributed by atoms with Crippen LogP contribution in [0.5, 0.6) is 0 Å². The van der Waals surface area contributed by atoms with Gasteiger partial charge in [-0.3, -0.25) is 4.90 Å². The molecule has 1 atom stereocenters. The fourth-order valence-electron chi connectivity index (χ4n) is 2.57. The van der Waals surface area contributed by atoms with Crippen LogP contribution in [-0.2, 0) is 13.0 Å². The summed E-state index contributed by atoms with van der Waals surface area (Å²) in [6.45, 7) is 5.20. The molecule has 2 rings (SSSR count). The predicted molar refractivity (Wildman–Crippen MR) is 74.9 cm³/mol. The molecule has 1 fully saturated rings. The summed E-state index contributed by atoms with van der Waals surface area (Å²) in [6, 6.07) is 0.626. The molecule has 0 radical (unpaired) electrons. The number of hydrogen-bond acceptors (Lipinski definition) is 5. The minimum Gasteiger partial charge on any atom is -0.338 e. The van der Waals surface area contributed by atoms with Crippen LogP contribution >= 0.6 is 0 Å². The Morgan fingerprint density at radius 2 is 2.26 bits per heavy atom. The van der Waals surface area contributed by atoms with Gasteiger partial charge in [0.15, 0.2) is 5.82 Å². The van der Waals surface area contributed by atoms with Gasteiger partial charge >= 0.3 is 0 Å². The Bertz CT molecular complexity index is 358. The summed E-state index contributed by atoms with van der Waals surface area (Å²) in [4.78, 5) is 6.82. The summed E-state index contributed by atoms with van der Waals surface area (Å²) >= 11 is 0. The van der Waals surface area contributed by atoms with Crippen molar-refractivity contribution in [3.8, 4) is 0 Å². The molecule has 1 aromatic rings. The van der Waals surface area contributed by atoms with Gasteiger partial charge in [0.2, 0.25) is 5.89 Å². The zero-order chi connectivity index (χ0) is 13.5. The quantitative estimate of drug-likeness (QED) is 0.853. The molecule has 1 N–H and O–H groups in total. The molecule has 5 nitrogen and oxygen atoms in total. The summed E-state index contributed by atoms with van der Waals surface area (Å²) in [5.74, 6) is 1.61. The normalized spacial score (nSPS) is 20.7. The van der Waals surface area contributed by atoms with Gasteiger partial charge in [-0.15, -0.1) is 0 Å². The molecular formula is C14H26N4O. The monoisotopic (exact) mass is 266 g/mol. The Labute approximate surface area is 115 Å². The van der Waals surface area contributed by atoms with Crippen LogP contribution in [0.1, 0.15) is 50.7 Å². The van der Waals surface area contributed by atoms with E-state index >= 15 is 0 Å². The predicted octanol–water partition coefficient (Wildman–Crippen LogP) is 1.99. The molecule has 0 aromatic carbocycles. The maximum Gasteiger partial charge on any atom is 0.240 e. The van der Waals surface area contributed by atoms with Crippen LogP contribution in [0, 0.1) is 0 Å². The van der Waals surface area contributed by atoms with Gasteiger partial charge in [-0.2, -0.15) is 4.98 Å². The van der Waals surface area contributed by atoms with E-state index in [2.05, 4.69) is 34.3 Å². The Kier molecular flexibility index (Phi) is 5.79. The largest absolute Gasteiger partial charge is 0.338 e. The fourth-order valence-corrected chi connectivity index (χ4v) is 2.57. The zero-order valence-electron chi connectivity index (χ0n) is 12.2. The molecule has 19 heavy (non-hydrogen) atoms. The van der Waals surface area contributed by atoms with E-state index in [1.165, 1.54) is 25.7 Å². The molecule has 1 aliphatic rings. The second kappa shape index (κ2) is 7.60. The number of rotatable bonds is 6. The molecule has 0 aliphatic carbocycles. The molecule has 0 saturated carbocycles. The highest BCUT2D eigenvalue weighted by atomic mass is 16.5. The maximum atomic E-state index is 5.34. The maximum absolute atomic E-state index is 5.34. The summed E-state index contributed by atoms with van der Waals surface area (Å²) in [5, 5.41) is 7.49. The number of unbranched alkanes of at least 4 members (excludes halogenated alkanes) is 1. The van der Waals surface area contributed by atoms with E-state index in [9.17, 15) is 0 Å². The molecule has 0 amide bonds. The van der Waals surface area contributed by atoms with Gasteiger partial charge in [-0.1, -0.05) is 18.5 Å². The summed E-state index contributed by atoms with van der Waals surface area (Å²) < 4.78 is 5.34. The first-order chi connectivity index (χ1) is 9.29. The van der Waals surface area contributed by atoms with Crippen LogP contribution < -0.4 is 5.32 Å². The minimum atomic E-state index is 0.626. The smallest absolute Gasteiger partial charge is 0.240 e. The van der Waals surface area contributed by atoms with Gasteiger partial charge < -0.3 is 9.84 Å². The van der Waals surface area contributed by atoms with Crippen molar-refractivity contribution in [2.45, 2.75) is 58.0 Å². The molecule has 5 heteroatoms. The number of nitrogens with zero attached hydrogens (tertiary/aromatic N) is 3. The molecule has 0 bridgehead atoms. The third-order valence-electron chi connectivity index (χ3n) is 3.82. The Hall–Kier alpha value is -0.940. The molecule has 1 aromatic heterocycles. The Balaban J connectivity index is 1.83. The topological polar surface area (TPSA) is 54.2 Å². The lowest BCUT2D eigenvalue weighted by Gasteiger charge is -2.25. The highest BCUT2D eigenvalue weighted by molar-refractivity contribution is 4.87.